The minimum atomic E-state index is -4.55. The molecule has 0 saturated heterocycles. The van der Waals surface area contributed by atoms with E-state index in [1.165, 1.54) is 26.4 Å². The van der Waals surface area contributed by atoms with Gasteiger partial charge in [0.2, 0.25) is 0 Å². The van der Waals surface area contributed by atoms with Crippen LogP contribution in [-0.4, -0.2) is 25.9 Å². The van der Waals surface area contributed by atoms with Crippen molar-refractivity contribution in [1.29, 1.82) is 0 Å². The number of amides is 1. The highest BCUT2D eigenvalue weighted by atomic mass is 19.4. The van der Waals surface area contributed by atoms with Crippen molar-refractivity contribution in [3.8, 4) is 11.5 Å². The average molecular weight is 486 g/mol. The van der Waals surface area contributed by atoms with Crippen LogP contribution >= 0.6 is 0 Å². The Kier molecular flexibility index (Phi) is 6.60. The van der Waals surface area contributed by atoms with E-state index in [1.807, 2.05) is 0 Å². The third-order valence-corrected chi connectivity index (χ3v) is 6.22. The van der Waals surface area contributed by atoms with Crippen LogP contribution in [0, 0.1) is 0 Å². The van der Waals surface area contributed by atoms with Crippen molar-refractivity contribution in [2.45, 2.75) is 38.3 Å². The number of dihydropyridines is 1. The second-order valence-electron chi connectivity index (χ2n) is 8.41. The van der Waals surface area contributed by atoms with Gasteiger partial charge in [0.15, 0.2) is 5.78 Å². The van der Waals surface area contributed by atoms with Crippen molar-refractivity contribution < 1.29 is 32.2 Å². The van der Waals surface area contributed by atoms with Gasteiger partial charge in [-0.3, -0.25) is 9.59 Å². The van der Waals surface area contributed by atoms with E-state index in [2.05, 4.69) is 10.6 Å². The number of benzene rings is 2. The third kappa shape index (κ3) is 4.76. The van der Waals surface area contributed by atoms with Crippen LogP contribution in [0.5, 0.6) is 11.5 Å². The monoisotopic (exact) mass is 486 g/mol. The highest BCUT2D eigenvalue weighted by Crippen LogP contribution is 2.46. The predicted octanol–water partition coefficient (Wildman–Crippen LogP) is 5.33. The lowest BCUT2D eigenvalue weighted by atomic mass is 9.74. The molecular formula is C26H25F3N2O4. The Bertz CT molecular complexity index is 1250. The van der Waals surface area contributed by atoms with E-state index in [0.717, 1.165) is 17.8 Å². The molecule has 2 aromatic carbocycles. The fourth-order valence-electron chi connectivity index (χ4n) is 4.63. The minimum absolute atomic E-state index is 0.00349. The van der Waals surface area contributed by atoms with Gasteiger partial charge in [-0.05, 0) is 56.2 Å². The van der Waals surface area contributed by atoms with Crippen molar-refractivity contribution in [2.75, 3.05) is 19.5 Å². The van der Waals surface area contributed by atoms with E-state index in [0.29, 0.717) is 47.6 Å². The van der Waals surface area contributed by atoms with Gasteiger partial charge in [-0.15, -0.1) is 0 Å². The second-order valence-corrected chi connectivity index (χ2v) is 8.41. The number of rotatable bonds is 5. The second kappa shape index (κ2) is 9.48. The van der Waals surface area contributed by atoms with E-state index >= 15 is 0 Å². The number of ether oxygens (including phenoxy) is 2. The molecule has 1 amide bonds. The first kappa shape index (κ1) is 24.4. The topological polar surface area (TPSA) is 76.7 Å². The van der Waals surface area contributed by atoms with Crippen molar-refractivity contribution in [3.63, 3.8) is 0 Å². The molecule has 9 heteroatoms. The summed E-state index contributed by atoms with van der Waals surface area (Å²) in [4.78, 5) is 26.7. The van der Waals surface area contributed by atoms with Crippen LogP contribution in [0.4, 0.5) is 18.9 Å². The molecule has 0 bridgehead atoms. The van der Waals surface area contributed by atoms with Crippen LogP contribution in [0.1, 0.15) is 43.2 Å². The normalized spacial score (nSPS) is 18.1. The van der Waals surface area contributed by atoms with Crippen LogP contribution < -0.4 is 20.1 Å². The summed E-state index contributed by atoms with van der Waals surface area (Å²) < 4.78 is 50.5. The van der Waals surface area contributed by atoms with Gasteiger partial charge in [0, 0.05) is 40.2 Å². The maximum atomic E-state index is 13.6. The molecule has 2 aliphatic rings. The SMILES string of the molecule is COc1ccc(OC)c(C2C(C(=O)Nc3cccc(C(F)(F)F)c3)=C(C)NC3=C2C(=O)CCC3)c1. The zero-order chi connectivity index (χ0) is 25.3. The van der Waals surface area contributed by atoms with Crippen LogP contribution in [0.3, 0.4) is 0 Å². The molecule has 35 heavy (non-hydrogen) atoms. The Hall–Kier alpha value is -3.75. The molecule has 1 aliphatic heterocycles. The van der Waals surface area contributed by atoms with E-state index in [-0.39, 0.29) is 17.0 Å². The summed E-state index contributed by atoms with van der Waals surface area (Å²) >= 11 is 0. The first-order valence-electron chi connectivity index (χ1n) is 11.1. The smallest absolute Gasteiger partial charge is 0.416 e. The summed E-state index contributed by atoms with van der Waals surface area (Å²) in [5.41, 5.74) is 1.62. The first-order chi connectivity index (χ1) is 16.6. The highest BCUT2D eigenvalue weighted by Gasteiger charge is 2.40. The Morgan fingerprint density at radius 1 is 1.09 bits per heavy atom. The molecule has 0 aromatic heterocycles. The predicted molar refractivity (Wildman–Crippen MR) is 124 cm³/mol. The van der Waals surface area contributed by atoms with E-state index < -0.39 is 23.6 Å². The number of carbonyl (C=O) groups excluding carboxylic acids is 2. The Labute approximate surface area is 200 Å². The molecule has 6 nitrogen and oxygen atoms in total. The van der Waals surface area contributed by atoms with E-state index in [1.54, 1.807) is 25.1 Å². The number of allylic oxidation sites excluding steroid dienone is 3. The lowest BCUT2D eigenvalue weighted by molar-refractivity contribution is -0.137. The van der Waals surface area contributed by atoms with Gasteiger partial charge in [0.25, 0.3) is 5.91 Å². The van der Waals surface area contributed by atoms with Crippen LogP contribution in [-0.2, 0) is 15.8 Å². The molecule has 0 spiro atoms. The van der Waals surface area contributed by atoms with E-state index in [9.17, 15) is 22.8 Å². The Morgan fingerprint density at radius 3 is 2.54 bits per heavy atom. The molecule has 0 saturated carbocycles. The van der Waals surface area contributed by atoms with Crippen LogP contribution in [0.2, 0.25) is 0 Å². The minimum Gasteiger partial charge on any atom is -0.497 e. The molecule has 1 atom stereocenters. The Balaban J connectivity index is 1.82. The van der Waals surface area contributed by atoms with Crippen LogP contribution in [0.25, 0.3) is 0 Å². The van der Waals surface area contributed by atoms with Gasteiger partial charge < -0.3 is 20.1 Å². The number of halogens is 3. The molecule has 0 radical (unpaired) electrons. The lowest BCUT2D eigenvalue weighted by Crippen LogP contribution is -2.35. The fraction of sp³-hybridized carbons (Fsp3) is 0.308. The molecule has 4 rings (SSSR count). The molecule has 2 N–H and O–H groups in total. The molecule has 184 valence electrons. The number of methoxy groups -OCH3 is 2. The largest absolute Gasteiger partial charge is 0.497 e. The number of anilines is 1. The quantitative estimate of drug-likeness (QED) is 0.598. The highest BCUT2D eigenvalue weighted by molar-refractivity contribution is 6.10. The van der Waals surface area contributed by atoms with E-state index in [4.69, 9.17) is 9.47 Å². The molecule has 1 aliphatic carbocycles. The van der Waals surface area contributed by atoms with Gasteiger partial charge >= 0.3 is 6.18 Å². The summed E-state index contributed by atoms with van der Waals surface area (Å²) in [6.45, 7) is 1.71. The molecule has 1 unspecified atom stereocenters. The number of ketones is 1. The third-order valence-electron chi connectivity index (χ3n) is 6.22. The summed E-state index contributed by atoms with van der Waals surface area (Å²) in [7, 11) is 3.00. The van der Waals surface area contributed by atoms with Crippen molar-refractivity contribution in [1.82, 2.24) is 5.32 Å². The summed E-state index contributed by atoms with van der Waals surface area (Å²) in [5, 5.41) is 5.78. The summed E-state index contributed by atoms with van der Waals surface area (Å²) in [5.74, 6) is -0.519. The molecule has 2 aromatic rings. The average Bonchev–Trinajstić information content (AvgIpc) is 2.82. The van der Waals surface area contributed by atoms with Crippen LogP contribution in [0.15, 0.2) is 65.0 Å². The zero-order valence-corrected chi connectivity index (χ0v) is 19.5. The van der Waals surface area contributed by atoms with Gasteiger partial charge in [-0.2, -0.15) is 13.2 Å². The standard InChI is InChI=1S/C26H25F3N2O4/c1-14-22(25(33)31-16-7-4-6-15(12-16)26(27,28)29)23(24-19(30-14)8-5-9-20(24)32)18-13-17(34-2)10-11-21(18)35-3/h4,6-7,10-13,23,30H,5,8-9H2,1-3H3,(H,31,33). The lowest BCUT2D eigenvalue weighted by Gasteiger charge is -2.35. The number of hydrogen-bond donors (Lipinski definition) is 2. The maximum absolute atomic E-state index is 13.6. The summed E-state index contributed by atoms with van der Waals surface area (Å²) in [6.07, 6.45) is -2.88. The van der Waals surface area contributed by atoms with Gasteiger partial charge in [-0.25, -0.2) is 0 Å². The van der Waals surface area contributed by atoms with Crippen molar-refractivity contribution in [2.24, 2.45) is 0 Å². The maximum Gasteiger partial charge on any atom is 0.416 e. The van der Waals surface area contributed by atoms with Gasteiger partial charge in [0.05, 0.1) is 25.7 Å². The molecule has 0 fully saturated rings. The number of nitrogens with one attached hydrogen (secondary N) is 2. The fourth-order valence-corrected chi connectivity index (χ4v) is 4.63. The number of alkyl halides is 3. The molecular weight excluding hydrogens is 461 g/mol. The first-order valence-corrected chi connectivity index (χ1v) is 11.1. The number of Topliss-reactive ketones (excluding diaryl/α,β-unsaturated/α-hetero) is 1. The summed E-state index contributed by atoms with van der Waals surface area (Å²) in [6, 6.07) is 9.54. The zero-order valence-electron chi connectivity index (χ0n) is 19.5. The van der Waals surface area contributed by atoms with Gasteiger partial charge in [-0.1, -0.05) is 6.07 Å². The van der Waals surface area contributed by atoms with Crippen molar-refractivity contribution in [3.05, 3.63) is 76.1 Å². The number of hydrogen-bond acceptors (Lipinski definition) is 5. The van der Waals surface area contributed by atoms with Gasteiger partial charge in [0.1, 0.15) is 11.5 Å². The number of carbonyl (C=O) groups is 2. The Morgan fingerprint density at radius 2 is 1.86 bits per heavy atom. The van der Waals surface area contributed by atoms with Crippen molar-refractivity contribution >= 4 is 17.4 Å². The molecule has 1 heterocycles.